The van der Waals surface area contributed by atoms with E-state index in [1.54, 1.807) is 0 Å². The standard InChI is InChI=1S/C15H16N2/c16-10-5-11-17-14-8-3-1-6-12(14)13-7-2-4-9-15(13)17/h1-4,6-9H,5,10-11,16H2/p+1. The van der Waals surface area contributed by atoms with Gasteiger partial charge in [0.25, 0.3) is 0 Å². The van der Waals surface area contributed by atoms with E-state index in [0.29, 0.717) is 0 Å². The zero-order valence-electron chi connectivity index (χ0n) is 9.89. The van der Waals surface area contributed by atoms with Crippen molar-refractivity contribution in [3.63, 3.8) is 0 Å². The molecule has 0 amide bonds. The van der Waals surface area contributed by atoms with Crippen LogP contribution in [-0.2, 0) is 6.54 Å². The van der Waals surface area contributed by atoms with E-state index in [1.807, 2.05) is 0 Å². The molecule has 0 spiro atoms. The van der Waals surface area contributed by atoms with E-state index >= 15 is 0 Å². The molecule has 0 saturated carbocycles. The van der Waals surface area contributed by atoms with Crippen LogP contribution in [0.15, 0.2) is 48.5 Å². The highest BCUT2D eigenvalue weighted by Gasteiger charge is 2.08. The van der Waals surface area contributed by atoms with Crippen LogP contribution < -0.4 is 5.73 Å². The summed E-state index contributed by atoms with van der Waals surface area (Å²) in [6, 6.07) is 17.3. The highest BCUT2D eigenvalue weighted by atomic mass is 15.0. The van der Waals surface area contributed by atoms with E-state index in [-0.39, 0.29) is 0 Å². The van der Waals surface area contributed by atoms with Crippen molar-refractivity contribution in [2.75, 3.05) is 6.54 Å². The van der Waals surface area contributed by atoms with Crippen molar-refractivity contribution in [1.29, 1.82) is 0 Å². The normalized spacial score (nSPS) is 11.4. The van der Waals surface area contributed by atoms with Crippen LogP contribution in [0.1, 0.15) is 6.42 Å². The third kappa shape index (κ3) is 1.61. The molecule has 0 aliphatic carbocycles. The molecule has 0 radical (unpaired) electrons. The Morgan fingerprint density at radius 2 is 1.35 bits per heavy atom. The molecule has 0 unspecified atom stereocenters. The van der Waals surface area contributed by atoms with Gasteiger partial charge in [0.2, 0.25) is 0 Å². The molecular weight excluding hydrogens is 208 g/mol. The number of hydrogen-bond donors (Lipinski definition) is 1. The fourth-order valence-corrected chi connectivity index (χ4v) is 2.51. The lowest BCUT2D eigenvalue weighted by atomic mass is 10.2. The maximum atomic E-state index is 3.93. The van der Waals surface area contributed by atoms with Crippen LogP contribution >= 0.6 is 0 Å². The van der Waals surface area contributed by atoms with E-state index < -0.39 is 0 Å². The van der Waals surface area contributed by atoms with Gasteiger partial charge in [0.15, 0.2) is 0 Å². The van der Waals surface area contributed by atoms with Crippen LogP contribution in [-0.4, -0.2) is 11.1 Å². The highest BCUT2D eigenvalue weighted by Crippen LogP contribution is 2.28. The summed E-state index contributed by atoms with van der Waals surface area (Å²) in [7, 11) is 0. The van der Waals surface area contributed by atoms with Gasteiger partial charge in [-0.25, -0.2) is 0 Å². The molecule has 86 valence electrons. The molecule has 3 N–H and O–H groups in total. The number of aromatic nitrogens is 1. The quantitative estimate of drug-likeness (QED) is 0.710. The first kappa shape index (κ1) is 10.4. The molecule has 2 heteroatoms. The van der Waals surface area contributed by atoms with Crippen LogP contribution in [0.3, 0.4) is 0 Å². The van der Waals surface area contributed by atoms with E-state index in [2.05, 4.69) is 58.8 Å². The minimum absolute atomic E-state index is 0.987. The summed E-state index contributed by atoms with van der Waals surface area (Å²) in [6.07, 6.45) is 1.13. The first-order valence-corrected chi connectivity index (χ1v) is 6.17. The number of fused-ring (bicyclic) bond motifs is 3. The van der Waals surface area contributed by atoms with Crippen molar-refractivity contribution in [3.8, 4) is 0 Å². The molecule has 1 aromatic heterocycles. The van der Waals surface area contributed by atoms with Gasteiger partial charge in [0.1, 0.15) is 0 Å². The van der Waals surface area contributed by atoms with Crippen molar-refractivity contribution < 1.29 is 5.73 Å². The van der Waals surface area contributed by atoms with Crippen LogP contribution in [0.25, 0.3) is 21.8 Å². The lowest BCUT2D eigenvalue weighted by Crippen LogP contribution is -2.50. The number of quaternary nitrogens is 1. The molecular formula is C15H17N2+. The van der Waals surface area contributed by atoms with Crippen molar-refractivity contribution in [3.05, 3.63) is 48.5 Å². The summed E-state index contributed by atoms with van der Waals surface area (Å²) in [6.45, 7) is 2.04. The van der Waals surface area contributed by atoms with E-state index in [9.17, 15) is 0 Å². The zero-order valence-corrected chi connectivity index (χ0v) is 9.89. The SMILES string of the molecule is [NH3+]CCCn1c2ccccc2c2ccccc21. The van der Waals surface area contributed by atoms with Crippen molar-refractivity contribution in [1.82, 2.24) is 4.57 Å². The maximum absolute atomic E-state index is 3.93. The third-order valence-corrected chi connectivity index (χ3v) is 3.31. The zero-order chi connectivity index (χ0) is 11.7. The summed E-state index contributed by atoms with van der Waals surface area (Å²) in [5.74, 6) is 0. The number of hydrogen-bond acceptors (Lipinski definition) is 0. The fourth-order valence-electron chi connectivity index (χ4n) is 2.51. The Hall–Kier alpha value is -1.80. The van der Waals surface area contributed by atoms with Gasteiger partial charge in [-0.05, 0) is 12.1 Å². The van der Waals surface area contributed by atoms with Crippen LogP contribution in [0.2, 0.25) is 0 Å². The average molecular weight is 225 g/mol. The molecule has 0 aliphatic heterocycles. The lowest BCUT2D eigenvalue weighted by molar-refractivity contribution is -0.368. The monoisotopic (exact) mass is 225 g/mol. The van der Waals surface area contributed by atoms with E-state index in [4.69, 9.17) is 0 Å². The highest BCUT2D eigenvalue weighted by molar-refractivity contribution is 6.07. The minimum Gasteiger partial charge on any atom is -0.358 e. The summed E-state index contributed by atoms with van der Waals surface area (Å²) in [5.41, 5.74) is 6.60. The van der Waals surface area contributed by atoms with Gasteiger partial charge in [0.05, 0.1) is 6.54 Å². The first-order valence-electron chi connectivity index (χ1n) is 6.17. The predicted octanol–water partition coefficient (Wildman–Crippen LogP) is 2.43. The Morgan fingerprint density at radius 1 is 0.824 bits per heavy atom. The minimum atomic E-state index is 0.987. The summed E-state index contributed by atoms with van der Waals surface area (Å²) in [5, 5.41) is 2.71. The summed E-state index contributed by atoms with van der Waals surface area (Å²) in [4.78, 5) is 0. The Kier molecular flexibility index (Phi) is 2.57. The number of para-hydroxylation sites is 2. The lowest BCUT2D eigenvalue weighted by Gasteiger charge is -2.04. The third-order valence-electron chi connectivity index (χ3n) is 3.31. The largest absolute Gasteiger partial charge is 0.358 e. The summed E-state index contributed by atoms with van der Waals surface area (Å²) >= 11 is 0. The van der Waals surface area contributed by atoms with E-state index in [1.165, 1.54) is 21.8 Å². The molecule has 0 saturated heterocycles. The van der Waals surface area contributed by atoms with Crippen molar-refractivity contribution in [2.24, 2.45) is 0 Å². The Labute approximate surface area is 101 Å². The van der Waals surface area contributed by atoms with Crippen molar-refractivity contribution in [2.45, 2.75) is 13.0 Å². The van der Waals surface area contributed by atoms with Gasteiger partial charge in [-0.2, -0.15) is 0 Å². The topological polar surface area (TPSA) is 32.6 Å². The second-order valence-corrected chi connectivity index (χ2v) is 4.39. The molecule has 3 rings (SSSR count). The summed E-state index contributed by atoms with van der Waals surface area (Å²) < 4.78 is 2.41. The van der Waals surface area contributed by atoms with Gasteiger partial charge >= 0.3 is 0 Å². The number of rotatable bonds is 3. The molecule has 2 aromatic carbocycles. The fraction of sp³-hybridized carbons (Fsp3) is 0.200. The first-order chi connectivity index (χ1) is 8.42. The smallest absolute Gasteiger partial charge is 0.0757 e. The van der Waals surface area contributed by atoms with Gasteiger partial charge in [-0.1, -0.05) is 36.4 Å². The Bertz CT molecular complexity index is 599. The molecule has 0 fully saturated rings. The van der Waals surface area contributed by atoms with Crippen LogP contribution in [0.4, 0.5) is 0 Å². The second kappa shape index (κ2) is 4.22. The molecule has 0 atom stereocenters. The Morgan fingerprint density at radius 3 is 1.88 bits per heavy atom. The second-order valence-electron chi connectivity index (χ2n) is 4.39. The maximum Gasteiger partial charge on any atom is 0.0757 e. The number of nitrogens with zero attached hydrogens (tertiary/aromatic N) is 1. The molecule has 17 heavy (non-hydrogen) atoms. The number of benzene rings is 2. The van der Waals surface area contributed by atoms with E-state index in [0.717, 1.165) is 19.5 Å². The van der Waals surface area contributed by atoms with Gasteiger partial charge in [-0.3, -0.25) is 0 Å². The van der Waals surface area contributed by atoms with Crippen LogP contribution in [0, 0.1) is 0 Å². The Balaban J connectivity index is 2.33. The van der Waals surface area contributed by atoms with Crippen molar-refractivity contribution >= 4 is 21.8 Å². The van der Waals surface area contributed by atoms with Crippen LogP contribution in [0.5, 0.6) is 0 Å². The predicted molar refractivity (Wildman–Crippen MR) is 71.8 cm³/mol. The molecule has 0 aliphatic rings. The number of aryl methyl sites for hydroxylation is 1. The molecule has 2 nitrogen and oxygen atoms in total. The molecule has 1 heterocycles. The molecule has 0 bridgehead atoms. The van der Waals surface area contributed by atoms with Gasteiger partial charge in [0, 0.05) is 34.8 Å². The van der Waals surface area contributed by atoms with Gasteiger partial charge < -0.3 is 10.3 Å². The van der Waals surface area contributed by atoms with Gasteiger partial charge in [-0.15, -0.1) is 0 Å². The molecule has 3 aromatic rings. The average Bonchev–Trinajstić information content (AvgIpc) is 2.71.